The largest absolute Gasteiger partial charge is 0.341 e. The van der Waals surface area contributed by atoms with E-state index >= 15 is 0 Å². The lowest BCUT2D eigenvalue weighted by atomic mass is 10.1. The zero-order valence-electron chi connectivity index (χ0n) is 13.1. The van der Waals surface area contributed by atoms with E-state index in [2.05, 4.69) is 25.3 Å². The zero-order valence-corrected chi connectivity index (χ0v) is 13.9. The maximum Gasteiger partial charge on any atom is 0.317 e. The number of hydrogen-bond donors (Lipinski definition) is 2. The minimum absolute atomic E-state index is 0.0901. The van der Waals surface area contributed by atoms with Gasteiger partial charge in [-0.1, -0.05) is 0 Å². The number of imidazole rings is 1. The molecule has 2 aromatic rings. The fourth-order valence-corrected chi connectivity index (χ4v) is 3.61. The lowest BCUT2D eigenvalue weighted by Gasteiger charge is -2.26. The highest BCUT2D eigenvalue weighted by Crippen LogP contribution is 2.22. The summed E-state index contributed by atoms with van der Waals surface area (Å²) in [6.07, 6.45) is 8.70. The highest BCUT2D eigenvalue weighted by molar-refractivity contribution is 7.99. The van der Waals surface area contributed by atoms with Crippen LogP contribution in [0.5, 0.6) is 0 Å². The van der Waals surface area contributed by atoms with Crippen molar-refractivity contribution in [1.29, 1.82) is 0 Å². The highest BCUT2D eigenvalue weighted by Gasteiger charge is 2.15. The van der Waals surface area contributed by atoms with E-state index in [0.717, 1.165) is 61.6 Å². The van der Waals surface area contributed by atoms with Crippen molar-refractivity contribution in [3.63, 3.8) is 0 Å². The molecule has 2 amide bonds. The van der Waals surface area contributed by atoms with E-state index in [4.69, 9.17) is 0 Å². The van der Waals surface area contributed by atoms with Gasteiger partial charge < -0.3 is 15.2 Å². The van der Waals surface area contributed by atoms with E-state index in [-0.39, 0.29) is 6.03 Å². The van der Waals surface area contributed by atoms with Crippen molar-refractivity contribution in [2.45, 2.75) is 37.1 Å². The van der Waals surface area contributed by atoms with Gasteiger partial charge in [0.2, 0.25) is 0 Å². The van der Waals surface area contributed by atoms with Crippen LogP contribution < -0.4 is 5.32 Å². The molecule has 8 heteroatoms. The van der Waals surface area contributed by atoms with Crippen molar-refractivity contribution in [2.24, 2.45) is 0 Å². The molecule has 23 heavy (non-hydrogen) atoms. The van der Waals surface area contributed by atoms with Crippen molar-refractivity contribution in [2.75, 3.05) is 25.4 Å². The molecule has 0 saturated carbocycles. The van der Waals surface area contributed by atoms with Crippen molar-refractivity contribution < 1.29 is 4.79 Å². The summed E-state index contributed by atoms with van der Waals surface area (Å²) in [6.45, 7) is 2.53. The van der Waals surface area contributed by atoms with Crippen molar-refractivity contribution in [3.05, 3.63) is 12.7 Å². The van der Waals surface area contributed by atoms with E-state index in [9.17, 15) is 4.79 Å². The summed E-state index contributed by atoms with van der Waals surface area (Å²) in [5.41, 5.74) is 1.60. The molecule has 0 unspecified atom stereocenters. The molecule has 2 N–H and O–H groups in total. The van der Waals surface area contributed by atoms with Crippen LogP contribution in [0, 0.1) is 0 Å². The summed E-state index contributed by atoms with van der Waals surface area (Å²) in [5, 5.41) is 3.95. The molecule has 1 aliphatic rings. The summed E-state index contributed by atoms with van der Waals surface area (Å²) in [4.78, 5) is 29.5. The highest BCUT2D eigenvalue weighted by atomic mass is 32.2. The van der Waals surface area contributed by atoms with Crippen LogP contribution in [-0.4, -0.2) is 56.3 Å². The smallest absolute Gasteiger partial charge is 0.317 e. The van der Waals surface area contributed by atoms with Gasteiger partial charge in [-0.3, -0.25) is 0 Å². The first-order valence-corrected chi connectivity index (χ1v) is 9.13. The number of thioether (sulfide) groups is 1. The van der Waals surface area contributed by atoms with Crippen LogP contribution in [0.3, 0.4) is 0 Å². The fourth-order valence-electron chi connectivity index (χ4n) is 2.65. The minimum atomic E-state index is 0.0901. The summed E-state index contributed by atoms with van der Waals surface area (Å²) in [5.74, 6) is 0.963. The number of nitrogens with one attached hydrogen (secondary N) is 2. The number of urea groups is 1. The molecule has 0 radical (unpaired) electrons. The minimum Gasteiger partial charge on any atom is -0.341 e. The molecule has 3 rings (SSSR count). The number of aromatic amines is 1. The predicted molar refractivity (Wildman–Crippen MR) is 90.5 cm³/mol. The number of fused-ring (bicyclic) bond motifs is 1. The van der Waals surface area contributed by atoms with Gasteiger partial charge in [-0.05, 0) is 37.9 Å². The second kappa shape index (κ2) is 8.14. The maximum absolute atomic E-state index is 12.0. The average molecular weight is 334 g/mol. The van der Waals surface area contributed by atoms with Gasteiger partial charge in [-0.2, -0.15) is 0 Å². The predicted octanol–water partition coefficient (Wildman–Crippen LogP) is 2.42. The van der Waals surface area contributed by atoms with Crippen LogP contribution >= 0.6 is 11.8 Å². The first-order chi connectivity index (χ1) is 11.3. The summed E-state index contributed by atoms with van der Waals surface area (Å²) in [6, 6.07) is 0.0901. The molecule has 7 nitrogen and oxygen atoms in total. The van der Waals surface area contributed by atoms with Gasteiger partial charge >= 0.3 is 6.03 Å². The quantitative estimate of drug-likeness (QED) is 0.481. The molecule has 2 aromatic heterocycles. The standard InChI is InChI=1S/C15H22N6OS/c22-15(21-7-3-1-4-8-21)16-6-2-5-9-23-14-12-13(18-10-17-12)19-11-20-14/h10-11H,1-9H2,(H,16,22)(H,17,18,19,20). The number of rotatable bonds is 6. The molecular formula is C15H22N6OS. The molecule has 0 atom stereocenters. The Morgan fingerprint density at radius 1 is 1.22 bits per heavy atom. The number of likely N-dealkylation sites (tertiary alicyclic amines) is 1. The molecule has 3 heterocycles. The molecule has 1 aliphatic heterocycles. The Bertz CT molecular complexity index is 640. The number of piperidine rings is 1. The monoisotopic (exact) mass is 334 g/mol. The fraction of sp³-hybridized carbons (Fsp3) is 0.600. The average Bonchev–Trinajstić information content (AvgIpc) is 3.08. The molecule has 1 saturated heterocycles. The van der Waals surface area contributed by atoms with Crippen LogP contribution in [0.15, 0.2) is 17.7 Å². The Kier molecular flexibility index (Phi) is 5.68. The molecular weight excluding hydrogens is 312 g/mol. The maximum atomic E-state index is 12.0. The number of carbonyl (C=O) groups is 1. The normalized spacial score (nSPS) is 15.0. The first-order valence-electron chi connectivity index (χ1n) is 8.14. The second-order valence-electron chi connectivity index (χ2n) is 5.62. The number of amides is 2. The van der Waals surface area contributed by atoms with Crippen molar-refractivity contribution in [1.82, 2.24) is 30.2 Å². The van der Waals surface area contributed by atoms with E-state index in [1.807, 2.05) is 4.90 Å². The van der Waals surface area contributed by atoms with Gasteiger partial charge in [0.05, 0.1) is 6.33 Å². The van der Waals surface area contributed by atoms with Crippen LogP contribution in [-0.2, 0) is 0 Å². The van der Waals surface area contributed by atoms with Gasteiger partial charge in [0, 0.05) is 19.6 Å². The SMILES string of the molecule is O=C(NCCCCSc1ncnc2nc[nH]c12)N1CCCCC1. The van der Waals surface area contributed by atoms with E-state index in [1.54, 1.807) is 24.4 Å². The zero-order chi connectivity index (χ0) is 15.9. The van der Waals surface area contributed by atoms with Gasteiger partial charge in [0.15, 0.2) is 5.65 Å². The lowest BCUT2D eigenvalue weighted by Crippen LogP contribution is -2.43. The van der Waals surface area contributed by atoms with Crippen LogP contribution in [0.2, 0.25) is 0 Å². The van der Waals surface area contributed by atoms with Crippen LogP contribution in [0.25, 0.3) is 11.2 Å². The molecule has 0 bridgehead atoms. The first kappa shape index (κ1) is 16.0. The third-order valence-corrected chi connectivity index (χ3v) is 4.99. The molecule has 124 valence electrons. The van der Waals surface area contributed by atoms with Gasteiger partial charge in [0.1, 0.15) is 16.9 Å². The Morgan fingerprint density at radius 3 is 2.96 bits per heavy atom. The molecule has 0 aliphatic carbocycles. The Labute approximate surface area is 139 Å². The van der Waals surface area contributed by atoms with Crippen molar-refractivity contribution >= 4 is 29.0 Å². The number of H-pyrrole nitrogens is 1. The van der Waals surface area contributed by atoms with Crippen LogP contribution in [0.4, 0.5) is 4.79 Å². The van der Waals surface area contributed by atoms with E-state index in [0.29, 0.717) is 5.65 Å². The number of unbranched alkanes of at least 4 members (excludes halogenated alkanes) is 1. The Hall–Kier alpha value is -1.83. The van der Waals surface area contributed by atoms with Gasteiger partial charge in [-0.25, -0.2) is 19.7 Å². The second-order valence-corrected chi connectivity index (χ2v) is 6.70. The number of hydrogen-bond acceptors (Lipinski definition) is 5. The Morgan fingerprint density at radius 2 is 2.09 bits per heavy atom. The van der Waals surface area contributed by atoms with Crippen molar-refractivity contribution in [3.8, 4) is 0 Å². The summed E-state index contributed by atoms with van der Waals surface area (Å²) in [7, 11) is 0. The van der Waals surface area contributed by atoms with Gasteiger partial charge in [-0.15, -0.1) is 11.8 Å². The lowest BCUT2D eigenvalue weighted by molar-refractivity contribution is 0.186. The van der Waals surface area contributed by atoms with Crippen LogP contribution in [0.1, 0.15) is 32.1 Å². The Balaban J connectivity index is 1.32. The summed E-state index contributed by atoms with van der Waals surface area (Å²) >= 11 is 1.70. The third-order valence-electron chi connectivity index (χ3n) is 3.92. The topological polar surface area (TPSA) is 86.8 Å². The molecule has 0 aromatic carbocycles. The van der Waals surface area contributed by atoms with E-state index < -0.39 is 0 Å². The summed E-state index contributed by atoms with van der Waals surface area (Å²) < 4.78 is 0. The molecule has 0 spiro atoms. The molecule has 1 fully saturated rings. The number of nitrogens with zero attached hydrogens (tertiary/aromatic N) is 4. The third kappa shape index (κ3) is 4.34. The number of aromatic nitrogens is 4. The van der Waals surface area contributed by atoms with Gasteiger partial charge in [0.25, 0.3) is 0 Å². The number of carbonyl (C=O) groups excluding carboxylic acids is 1. The van der Waals surface area contributed by atoms with E-state index in [1.165, 1.54) is 6.42 Å².